The van der Waals surface area contributed by atoms with Crippen LogP contribution < -0.4 is 5.43 Å². The van der Waals surface area contributed by atoms with E-state index in [-0.39, 0.29) is 5.43 Å². The number of benzene rings is 1. The topological polar surface area (TPSA) is 42.2 Å². The minimum Gasteiger partial charge on any atom is -0.428 e. The lowest BCUT2D eigenvalue weighted by atomic mass is 10.1. The zero-order chi connectivity index (χ0) is 8.55. The van der Waals surface area contributed by atoms with E-state index in [4.69, 9.17) is 0 Å². The second kappa shape index (κ2) is 2.37. The first kappa shape index (κ1) is 6.91. The van der Waals surface area contributed by atoms with Crippen LogP contribution in [-0.4, -0.2) is 9.94 Å². The molecule has 0 amide bonds. The van der Waals surface area contributed by atoms with E-state index in [9.17, 15) is 10.0 Å². The van der Waals surface area contributed by atoms with Crippen molar-refractivity contribution in [3.63, 3.8) is 0 Å². The number of fused-ring (bicyclic) bond motifs is 1. The molecule has 0 aromatic heterocycles. The highest BCUT2D eigenvalue weighted by Gasteiger charge is 2.06. The van der Waals surface area contributed by atoms with Gasteiger partial charge in [-0.3, -0.25) is 4.79 Å². The van der Waals surface area contributed by atoms with Crippen molar-refractivity contribution in [2.45, 2.75) is 0 Å². The Morgan fingerprint density at radius 2 is 2.00 bits per heavy atom. The summed E-state index contributed by atoms with van der Waals surface area (Å²) in [5.41, 5.74) is 0.989. The first-order chi connectivity index (χ1) is 5.79. The van der Waals surface area contributed by atoms with E-state index in [0.29, 0.717) is 11.3 Å². The van der Waals surface area contributed by atoms with E-state index >= 15 is 0 Å². The molecule has 60 valence electrons. The van der Waals surface area contributed by atoms with Crippen LogP contribution in [0.4, 0.5) is 0 Å². The van der Waals surface area contributed by atoms with Crippen LogP contribution in [0.5, 0.6) is 0 Å². The van der Waals surface area contributed by atoms with Crippen molar-refractivity contribution >= 4 is 0 Å². The smallest absolute Gasteiger partial charge is 0.188 e. The van der Waals surface area contributed by atoms with Gasteiger partial charge in [0.1, 0.15) is 0 Å². The van der Waals surface area contributed by atoms with Gasteiger partial charge in [0.05, 0.1) is 5.69 Å². The fourth-order valence-electron chi connectivity index (χ4n) is 1.20. The quantitative estimate of drug-likeness (QED) is 0.590. The number of pyridine rings is 1. The highest BCUT2D eigenvalue weighted by atomic mass is 16.5. The molecular formula is C9H7NO2. The Labute approximate surface area is 68.8 Å². The molecule has 1 aliphatic heterocycles. The molecule has 0 fully saturated rings. The van der Waals surface area contributed by atoms with Gasteiger partial charge >= 0.3 is 0 Å². The van der Waals surface area contributed by atoms with Crippen molar-refractivity contribution in [1.82, 2.24) is 4.73 Å². The van der Waals surface area contributed by atoms with E-state index in [2.05, 4.69) is 0 Å². The fourth-order valence-corrected chi connectivity index (χ4v) is 1.20. The van der Waals surface area contributed by atoms with E-state index in [1.54, 1.807) is 24.3 Å². The standard InChI is InChI=1S/C9H7NO2/c11-9-5-1-4-8-7(9)3-2-6-10(8)12/h1-6,12H. The average Bonchev–Trinajstić information content (AvgIpc) is 2.07. The molecule has 0 spiro atoms. The summed E-state index contributed by atoms with van der Waals surface area (Å²) in [5, 5.41) is 9.27. The summed E-state index contributed by atoms with van der Waals surface area (Å²) in [6.07, 6.45) is 1.49. The molecule has 1 aliphatic carbocycles. The Kier molecular flexibility index (Phi) is 1.37. The Morgan fingerprint density at radius 3 is 2.75 bits per heavy atom. The summed E-state index contributed by atoms with van der Waals surface area (Å²) in [4.78, 5) is 11.2. The third-order valence-electron chi connectivity index (χ3n) is 1.78. The van der Waals surface area contributed by atoms with Gasteiger partial charge < -0.3 is 5.21 Å². The lowest BCUT2D eigenvalue weighted by Gasteiger charge is -2.06. The molecule has 0 saturated heterocycles. The number of hydrogen-bond donors (Lipinski definition) is 1. The van der Waals surface area contributed by atoms with Gasteiger partial charge in [0.15, 0.2) is 5.43 Å². The summed E-state index contributed by atoms with van der Waals surface area (Å²) in [6, 6.07) is 8.10. The van der Waals surface area contributed by atoms with Crippen molar-refractivity contribution in [2.24, 2.45) is 0 Å². The van der Waals surface area contributed by atoms with E-state index in [1.165, 1.54) is 12.3 Å². The van der Waals surface area contributed by atoms with Gasteiger partial charge in [-0.05, 0) is 24.3 Å². The Bertz CT molecular complexity index is 433. The predicted molar refractivity (Wildman–Crippen MR) is 44.5 cm³/mol. The van der Waals surface area contributed by atoms with Gasteiger partial charge in [-0.1, -0.05) is 6.07 Å². The second-order valence-electron chi connectivity index (χ2n) is 2.54. The van der Waals surface area contributed by atoms with Crippen molar-refractivity contribution in [2.75, 3.05) is 0 Å². The van der Waals surface area contributed by atoms with Crippen molar-refractivity contribution in [3.05, 3.63) is 46.8 Å². The summed E-state index contributed by atoms with van der Waals surface area (Å²) < 4.78 is 0.941. The summed E-state index contributed by atoms with van der Waals surface area (Å²) in [5.74, 6) is 0. The van der Waals surface area contributed by atoms with E-state index < -0.39 is 0 Å². The van der Waals surface area contributed by atoms with Crippen LogP contribution in [0.1, 0.15) is 0 Å². The number of aromatic nitrogens is 1. The summed E-state index contributed by atoms with van der Waals surface area (Å²) >= 11 is 0. The minimum absolute atomic E-state index is 0.0732. The molecule has 12 heavy (non-hydrogen) atoms. The molecule has 0 atom stereocenters. The van der Waals surface area contributed by atoms with Crippen LogP contribution in [-0.2, 0) is 0 Å². The maximum atomic E-state index is 11.2. The third-order valence-corrected chi connectivity index (χ3v) is 1.78. The van der Waals surface area contributed by atoms with Crippen molar-refractivity contribution < 1.29 is 5.21 Å². The highest BCUT2D eigenvalue weighted by Crippen LogP contribution is 2.14. The number of nitrogens with zero attached hydrogens (tertiary/aromatic N) is 1. The molecule has 1 N–H and O–H groups in total. The molecule has 0 radical (unpaired) electrons. The Balaban J connectivity index is 2.91. The molecule has 0 unspecified atom stereocenters. The van der Waals surface area contributed by atoms with Crippen LogP contribution in [0, 0.1) is 0 Å². The lowest BCUT2D eigenvalue weighted by molar-refractivity contribution is 0.189. The van der Waals surface area contributed by atoms with Crippen LogP contribution in [0.3, 0.4) is 0 Å². The number of hydrogen-bond acceptors (Lipinski definition) is 2. The predicted octanol–water partition coefficient (Wildman–Crippen LogP) is 1.19. The molecule has 2 aliphatic rings. The molecule has 0 aromatic carbocycles. The SMILES string of the molecule is O=c1cccc2n(O)cccc1-2. The van der Waals surface area contributed by atoms with Crippen LogP contribution in [0.25, 0.3) is 11.3 Å². The number of rotatable bonds is 0. The van der Waals surface area contributed by atoms with Gasteiger partial charge in [0.25, 0.3) is 0 Å². The van der Waals surface area contributed by atoms with Gasteiger partial charge in [-0.15, -0.1) is 0 Å². The molecule has 2 rings (SSSR count). The zero-order valence-corrected chi connectivity index (χ0v) is 6.27. The van der Waals surface area contributed by atoms with Gasteiger partial charge in [-0.25, -0.2) is 0 Å². The van der Waals surface area contributed by atoms with E-state index in [1.807, 2.05) is 0 Å². The Morgan fingerprint density at radius 1 is 1.17 bits per heavy atom. The zero-order valence-electron chi connectivity index (χ0n) is 6.27. The van der Waals surface area contributed by atoms with Gasteiger partial charge in [0.2, 0.25) is 0 Å². The minimum atomic E-state index is -0.0732. The maximum absolute atomic E-state index is 11.2. The van der Waals surface area contributed by atoms with Crippen LogP contribution in [0.2, 0.25) is 0 Å². The largest absolute Gasteiger partial charge is 0.428 e. The molecule has 3 nitrogen and oxygen atoms in total. The first-order valence-corrected chi connectivity index (χ1v) is 3.59. The normalized spacial score (nSPS) is 10.3. The lowest BCUT2D eigenvalue weighted by Crippen LogP contribution is -2.08. The summed E-state index contributed by atoms with van der Waals surface area (Å²) in [7, 11) is 0. The fraction of sp³-hybridized carbons (Fsp3) is 0. The monoisotopic (exact) mass is 161 g/mol. The van der Waals surface area contributed by atoms with Gasteiger partial charge in [-0.2, -0.15) is 4.73 Å². The third kappa shape index (κ3) is 0.871. The molecule has 0 aromatic rings. The van der Waals surface area contributed by atoms with Gasteiger partial charge in [0, 0.05) is 11.8 Å². The molecule has 0 saturated carbocycles. The second-order valence-corrected chi connectivity index (χ2v) is 2.54. The average molecular weight is 161 g/mol. The maximum Gasteiger partial charge on any atom is 0.188 e. The molecule has 1 heterocycles. The van der Waals surface area contributed by atoms with Crippen molar-refractivity contribution in [3.8, 4) is 11.3 Å². The van der Waals surface area contributed by atoms with E-state index in [0.717, 1.165) is 4.73 Å². The molecule has 3 heteroatoms. The first-order valence-electron chi connectivity index (χ1n) is 3.59. The highest BCUT2D eigenvalue weighted by molar-refractivity contribution is 5.59. The Hall–Kier alpha value is -1.77. The molecule has 0 bridgehead atoms. The summed E-state index contributed by atoms with van der Waals surface area (Å²) in [6.45, 7) is 0. The van der Waals surface area contributed by atoms with Crippen molar-refractivity contribution in [1.29, 1.82) is 0 Å². The van der Waals surface area contributed by atoms with Crippen LogP contribution in [0.15, 0.2) is 41.3 Å². The van der Waals surface area contributed by atoms with Crippen LogP contribution >= 0.6 is 0 Å². The molecular weight excluding hydrogens is 154 g/mol.